The number of morpholine rings is 1. The van der Waals surface area contributed by atoms with Crippen LogP contribution < -0.4 is 15.0 Å². The molecular formula is C24H24N4O6S2. The zero-order valence-electron chi connectivity index (χ0n) is 19.7. The second-order valence-electron chi connectivity index (χ2n) is 8.34. The molecule has 2 aliphatic heterocycles. The third-order valence-electron chi connectivity index (χ3n) is 6.06. The molecule has 1 saturated heterocycles. The van der Waals surface area contributed by atoms with Crippen molar-refractivity contribution in [1.29, 1.82) is 0 Å². The van der Waals surface area contributed by atoms with Crippen molar-refractivity contribution in [2.75, 3.05) is 50.2 Å². The average Bonchev–Trinajstić information content (AvgIpc) is 3.26. The third-order valence-corrected chi connectivity index (χ3v) is 8.86. The van der Waals surface area contributed by atoms with Crippen LogP contribution in [-0.2, 0) is 19.6 Å². The van der Waals surface area contributed by atoms with Crippen molar-refractivity contribution in [2.45, 2.75) is 11.8 Å². The minimum Gasteiger partial charge on any atom is -0.482 e. The Morgan fingerprint density at radius 3 is 2.56 bits per heavy atom. The number of hydrogen-bond acceptors (Lipinski definition) is 8. The summed E-state index contributed by atoms with van der Waals surface area (Å²) in [6.45, 7) is 3.25. The number of fused-ring (bicyclic) bond motifs is 1. The number of rotatable bonds is 5. The second-order valence-corrected chi connectivity index (χ2v) is 11.5. The first kappa shape index (κ1) is 24.4. The predicted octanol–water partition coefficient (Wildman–Crippen LogP) is 2.75. The molecule has 1 aromatic heterocycles. The van der Waals surface area contributed by atoms with E-state index >= 15 is 0 Å². The monoisotopic (exact) mass is 528 g/mol. The van der Waals surface area contributed by atoms with Gasteiger partial charge in [0.15, 0.2) is 11.7 Å². The number of aromatic nitrogens is 1. The van der Waals surface area contributed by atoms with Crippen molar-refractivity contribution >= 4 is 44.0 Å². The van der Waals surface area contributed by atoms with Gasteiger partial charge in [-0.25, -0.2) is 13.4 Å². The van der Waals surface area contributed by atoms with Gasteiger partial charge in [-0.2, -0.15) is 4.31 Å². The number of carbonyl (C=O) groups excluding carboxylic acids is 2. The zero-order valence-corrected chi connectivity index (χ0v) is 21.3. The molecule has 1 N–H and O–H groups in total. The Morgan fingerprint density at radius 2 is 1.83 bits per heavy atom. The van der Waals surface area contributed by atoms with Gasteiger partial charge in [-0.1, -0.05) is 0 Å². The third kappa shape index (κ3) is 4.60. The highest BCUT2D eigenvalue weighted by atomic mass is 32.2. The number of ether oxygens (including phenoxy) is 2. The van der Waals surface area contributed by atoms with Crippen molar-refractivity contribution < 1.29 is 27.5 Å². The zero-order chi connectivity index (χ0) is 25.4. The molecule has 3 heterocycles. The van der Waals surface area contributed by atoms with E-state index in [1.165, 1.54) is 39.9 Å². The van der Waals surface area contributed by atoms with Gasteiger partial charge in [-0.05, 0) is 49.4 Å². The number of carbonyl (C=O) groups is 2. The van der Waals surface area contributed by atoms with Crippen molar-refractivity contribution in [2.24, 2.45) is 0 Å². The molecule has 36 heavy (non-hydrogen) atoms. The standard InChI is InChI=1S/C24H24N4O6S2/c1-15-22(17-5-8-20-19(13-17)27(2)21(29)14-34-20)25-24(35-15)26-23(30)16-3-6-18(7-4-16)36(31,32)28-9-11-33-12-10-28/h3-8,13H,9-12,14H2,1-2H3,(H,25,26,30). The van der Waals surface area contributed by atoms with E-state index in [1.807, 2.05) is 19.1 Å². The minimum atomic E-state index is -3.63. The number of thiazole rings is 1. The molecule has 2 amide bonds. The quantitative estimate of drug-likeness (QED) is 0.541. The molecule has 5 rings (SSSR count). The number of nitrogens with one attached hydrogen (secondary N) is 1. The van der Waals surface area contributed by atoms with E-state index in [9.17, 15) is 18.0 Å². The van der Waals surface area contributed by atoms with Gasteiger partial charge in [0.2, 0.25) is 10.0 Å². The minimum absolute atomic E-state index is 0.00881. The maximum Gasteiger partial charge on any atom is 0.264 e. The van der Waals surface area contributed by atoms with Gasteiger partial charge in [-0.3, -0.25) is 14.9 Å². The Labute approximate surface area is 212 Å². The largest absolute Gasteiger partial charge is 0.482 e. The lowest BCUT2D eigenvalue weighted by Gasteiger charge is -2.26. The van der Waals surface area contributed by atoms with Crippen LogP contribution >= 0.6 is 11.3 Å². The Kier molecular flexibility index (Phi) is 6.51. The first-order chi connectivity index (χ1) is 17.2. The molecule has 12 heteroatoms. The van der Waals surface area contributed by atoms with Crippen LogP contribution in [-0.4, -0.2) is 69.5 Å². The van der Waals surface area contributed by atoms with E-state index < -0.39 is 15.9 Å². The lowest BCUT2D eigenvalue weighted by molar-refractivity contribution is -0.120. The number of benzene rings is 2. The number of sulfonamides is 1. The van der Waals surface area contributed by atoms with E-state index in [1.54, 1.807) is 18.0 Å². The highest BCUT2D eigenvalue weighted by Crippen LogP contribution is 2.38. The summed E-state index contributed by atoms with van der Waals surface area (Å²) in [6, 6.07) is 11.4. The van der Waals surface area contributed by atoms with Gasteiger partial charge in [0.1, 0.15) is 5.75 Å². The second kappa shape index (κ2) is 9.62. The fourth-order valence-electron chi connectivity index (χ4n) is 4.02. The molecule has 3 aromatic rings. The molecule has 0 saturated carbocycles. The Bertz CT molecular complexity index is 1430. The van der Waals surface area contributed by atoms with Crippen LogP contribution in [0.5, 0.6) is 5.75 Å². The lowest BCUT2D eigenvalue weighted by atomic mass is 10.1. The van der Waals surface area contributed by atoms with E-state index in [0.29, 0.717) is 54.1 Å². The van der Waals surface area contributed by atoms with Crippen LogP contribution in [0.25, 0.3) is 11.3 Å². The first-order valence-electron chi connectivity index (χ1n) is 11.2. The summed E-state index contributed by atoms with van der Waals surface area (Å²) in [5, 5.41) is 3.20. The van der Waals surface area contributed by atoms with Gasteiger partial charge in [0.05, 0.1) is 29.5 Å². The smallest absolute Gasteiger partial charge is 0.264 e. The summed E-state index contributed by atoms with van der Waals surface area (Å²) in [4.78, 5) is 32.0. The topological polar surface area (TPSA) is 118 Å². The summed E-state index contributed by atoms with van der Waals surface area (Å²) >= 11 is 1.33. The molecule has 0 radical (unpaired) electrons. The first-order valence-corrected chi connectivity index (χ1v) is 13.5. The fraction of sp³-hybridized carbons (Fsp3) is 0.292. The molecule has 0 unspecified atom stereocenters. The van der Waals surface area contributed by atoms with Gasteiger partial charge >= 0.3 is 0 Å². The molecule has 2 aromatic carbocycles. The van der Waals surface area contributed by atoms with Crippen molar-refractivity contribution in [3.8, 4) is 17.0 Å². The fourth-order valence-corrected chi connectivity index (χ4v) is 6.26. The number of amides is 2. The Hall–Kier alpha value is -3.32. The van der Waals surface area contributed by atoms with E-state index in [0.717, 1.165) is 10.4 Å². The molecule has 2 aliphatic rings. The highest BCUT2D eigenvalue weighted by Gasteiger charge is 2.27. The van der Waals surface area contributed by atoms with Gasteiger partial charge < -0.3 is 14.4 Å². The number of anilines is 2. The molecule has 1 fully saturated rings. The van der Waals surface area contributed by atoms with Crippen LogP contribution in [0.15, 0.2) is 47.4 Å². The lowest BCUT2D eigenvalue weighted by Crippen LogP contribution is -2.40. The van der Waals surface area contributed by atoms with Crippen molar-refractivity contribution in [3.05, 3.63) is 52.9 Å². The maximum absolute atomic E-state index is 12.8. The molecule has 188 valence electrons. The van der Waals surface area contributed by atoms with Crippen molar-refractivity contribution in [3.63, 3.8) is 0 Å². The summed E-state index contributed by atoms with van der Waals surface area (Å²) in [5.41, 5.74) is 2.47. The number of aryl methyl sites for hydroxylation is 1. The average molecular weight is 529 g/mol. The molecule has 0 aliphatic carbocycles. The molecule has 0 bridgehead atoms. The maximum atomic E-state index is 12.8. The van der Waals surface area contributed by atoms with Crippen LogP contribution in [0.4, 0.5) is 10.8 Å². The van der Waals surface area contributed by atoms with Gasteiger partial charge in [0.25, 0.3) is 11.8 Å². The molecule has 0 atom stereocenters. The summed E-state index contributed by atoms with van der Waals surface area (Å²) in [6.07, 6.45) is 0. The molecule has 10 nitrogen and oxygen atoms in total. The molecule has 0 spiro atoms. The Morgan fingerprint density at radius 1 is 1.11 bits per heavy atom. The number of nitrogens with zero attached hydrogens (tertiary/aromatic N) is 3. The normalized spacial score (nSPS) is 16.4. The van der Waals surface area contributed by atoms with Crippen LogP contribution in [0.1, 0.15) is 15.2 Å². The highest BCUT2D eigenvalue weighted by molar-refractivity contribution is 7.89. The van der Waals surface area contributed by atoms with E-state index in [4.69, 9.17) is 9.47 Å². The van der Waals surface area contributed by atoms with E-state index in [2.05, 4.69) is 10.3 Å². The summed E-state index contributed by atoms with van der Waals surface area (Å²) in [7, 11) is -1.93. The molecular weight excluding hydrogens is 504 g/mol. The van der Waals surface area contributed by atoms with Crippen LogP contribution in [0.2, 0.25) is 0 Å². The summed E-state index contributed by atoms with van der Waals surface area (Å²) in [5.74, 6) is 0.0995. The van der Waals surface area contributed by atoms with Gasteiger partial charge in [-0.15, -0.1) is 11.3 Å². The van der Waals surface area contributed by atoms with Crippen molar-refractivity contribution in [1.82, 2.24) is 9.29 Å². The van der Waals surface area contributed by atoms with Gasteiger partial charge in [0, 0.05) is 36.1 Å². The number of hydrogen-bond donors (Lipinski definition) is 1. The summed E-state index contributed by atoms with van der Waals surface area (Å²) < 4.78 is 37.7. The Balaban J connectivity index is 1.32. The van der Waals surface area contributed by atoms with Crippen LogP contribution in [0.3, 0.4) is 0 Å². The number of likely N-dealkylation sites (N-methyl/N-ethyl adjacent to an activating group) is 1. The van der Waals surface area contributed by atoms with Crippen LogP contribution in [0, 0.1) is 6.92 Å². The predicted molar refractivity (Wildman–Crippen MR) is 135 cm³/mol. The van der Waals surface area contributed by atoms with E-state index in [-0.39, 0.29) is 17.4 Å². The SMILES string of the molecule is Cc1sc(NC(=O)c2ccc(S(=O)(=O)N3CCOCC3)cc2)nc1-c1ccc2c(c1)N(C)C(=O)CO2.